The summed E-state index contributed by atoms with van der Waals surface area (Å²) < 4.78 is 27.5. The molecule has 0 spiro atoms. The number of likely N-dealkylation sites (tertiary alicyclic amines) is 1. The SMILES string of the molecule is CCC(CC)C(=O)N1CCC(NC(=O)C2CCN(S(=O)(=O)c3ccc(C)c(C)c3)CC2)CC1. The van der Waals surface area contributed by atoms with Crippen LogP contribution in [0.15, 0.2) is 23.1 Å². The van der Waals surface area contributed by atoms with Gasteiger partial charge in [0, 0.05) is 44.1 Å². The Morgan fingerprint density at radius 3 is 2.12 bits per heavy atom. The molecule has 2 amide bonds. The molecule has 0 radical (unpaired) electrons. The second-order valence-corrected chi connectivity index (χ2v) is 11.5. The lowest BCUT2D eigenvalue weighted by atomic mass is 9.95. The van der Waals surface area contributed by atoms with Crippen LogP contribution in [-0.2, 0) is 19.6 Å². The van der Waals surface area contributed by atoms with Crippen LogP contribution < -0.4 is 5.32 Å². The highest BCUT2D eigenvalue weighted by atomic mass is 32.2. The summed E-state index contributed by atoms with van der Waals surface area (Å²) in [4.78, 5) is 27.7. The van der Waals surface area contributed by atoms with E-state index in [-0.39, 0.29) is 29.7 Å². The van der Waals surface area contributed by atoms with Crippen molar-refractivity contribution in [2.24, 2.45) is 11.8 Å². The number of carbonyl (C=O) groups excluding carboxylic acids is 2. The van der Waals surface area contributed by atoms with Gasteiger partial charge in [0.25, 0.3) is 0 Å². The average Bonchev–Trinajstić information content (AvgIpc) is 2.82. The maximum atomic E-state index is 13.0. The monoisotopic (exact) mass is 477 g/mol. The Hall–Kier alpha value is -1.93. The van der Waals surface area contributed by atoms with Gasteiger partial charge in [0.05, 0.1) is 4.90 Å². The fourth-order valence-electron chi connectivity index (χ4n) is 4.84. The van der Waals surface area contributed by atoms with Crippen LogP contribution in [0.3, 0.4) is 0 Å². The molecule has 8 heteroatoms. The van der Waals surface area contributed by atoms with Gasteiger partial charge in [0.1, 0.15) is 0 Å². The van der Waals surface area contributed by atoms with E-state index < -0.39 is 10.0 Å². The molecule has 0 aliphatic carbocycles. The van der Waals surface area contributed by atoms with Crippen molar-refractivity contribution in [2.75, 3.05) is 26.2 Å². The molecule has 7 nitrogen and oxygen atoms in total. The quantitative estimate of drug-likeness (QED) is 0.653. The van der Waals surface area contributed by atoms with Crippen molar-refractivity contribution in [1.29, 1.82) is 0 Å². The van der Waals surface area contributed by atoms with E-state index in [1.165, 1.54) is 4.31 Å². The highest BCUT2D eigenvalue weighted by Crippen LogP contribution is 2.26. The summed E-state index contributed by atoms with van der Waals surface area (Å²) in [5, 5.41) is 3.16. The molecule has 0 atom stereocenters. The van der Waals surface area contributed by atoms with E-state index in [1.807, 2.05) is 24.8 Å². The number of carbonyl (C=O) groups is 2. The summed E-state index contributed by atoms with van der Waals surface area (Å²) >= 11 is 0. The number of benzene rings is 1. The lowest BCUT2D eigenvalue weighted by molar-refractivity contribution is -0.137. The molecule has 0 aromatic heterocycles. The molecular formula is C25H39N3O4S. The Balaban J connectivity index is 1.48. The average molecular weight is 478 g/mol. The smallest absolute Gasteiger partial charge is 0.243 e. The van der Waals surface area contributed by atoms with Crippen LogP contribution in [0, 0.1) is 25.7 Å². The van der Waals surface area contributed by atoms with E-state index in [1.54, 1.807) is 12.1 Å². The van der Waals surface area contributed by atoms with E-state index in [0.29, 0.717) is 43.9 Å². The number of nitrogens with zero attached hydrogens (tertiary/aromatic N) is 2. The topological polar surface area (TPSA) is 86.8 Å². The lowest BCUT2D eigenvalue weighted by Crippen LogP contribution is -2.50. The van der Waals surface area contributed by atoms with Gasteiger partial charge in [0.2, 0.25) is 21.8 Å². The molecule has 0 unspecified atom stereocenters. The summed E-state index contributed by atoms with van der Waals surface area (Å²) in [6.07, 6.45) is 4.34. The van der Waals surface area contributed by atoms with E-state index in [2.05, 4.69) is 19.2 Å². The summed E-state index contributed by atoms with van der Waals surface area (Å²) in [7, 11) is -3.54. The fraction of sp³-hybridized carbons (Fsp3) is 0.680. The second kappa shape index (κ2) is 11.0. The first-order chi connectivity index (χ1) is 15.7. The highest BCUT2D eigenvalue weighted by Gasteiger charge is 2.34. The molecule has 2 aliphatic rings. The van der Waals surface area contributed by atoms with Crippen LogP contribution >= 0.6 is 0 Å². The van der Waals surface area contributed by atoms with E-state index in [0.717, 1.165) is 36.8 Å². The number of aryl methyl sites for hydroxylation is 2. The molecule has 1 aromatic carbocycles. The van der Waals surface area contributed by atoms with Crippen LogP contribution in [0.4, 0.5) is 0 Å². The molecule has 2 fully saturated rings. The number of amides is 2. The first-order valence-electron chi connectivity index (χ1n) is 12.3. The van der Waals surface area contributed by atoms with Crippen LogP contribution in [0.2, 0.25) is 0 Å². The number of hydrogen-bond acceptors (Lipinski definition) is 4. The third kappa shape index (κ3) is 5.96. The first kappa shape index (κ1) is 25.7. The zero-order valence-electron chi connectivity index (χ0n) is 20.5. The molecule has 3 rings (SSSR count). The molecule has 184 valence electrons. The summed E-state index contributed by atoms with van der Waals surface area (Å²) in [6, 6.07) is 5.31. The molecular weight excluding hydrogens is 438 g/mol. The normalized spacial score (nSPS) is 19.1. The molecule has 1 aromatic rings. The van der Waals surface area contributed by atoms with E-state index in [9.17, 15) is 18.0 Å². The van der Waals surface area contributed by atoms with Crippen molar-refractivity contribution in [3.05, 3.63) is 29.3 Å². The Bertz CT molecular complexity index is 942. The lowest BCUT2D eigenvalue weighted by Gasteiger charge is -2.36. The molecule has 0 bridgehead atoms. The number of sulfonamides is 1. The van der Waals surface area contributed by atoms with Crippen LogP contribution in [0.1, 0.15) is 63.5 Å². The Morgan fingerprint density at radius 2 is 1.58 bits per heavy atom. The minimum atomic E-state index is -3.54. The number of nitrogens with one attached hydrogen (secondary N) is 1. The highest BCUT2D eigenvalue weighted by molar-refractivity contribution is 7.89. The predicted molar refractivity (Wildman–Crippen MR) is 129 cm³/mol. The molecule has 2 heterocycles. The summed E-state index contributed by atoms with van der Waals surface area (Å²) in [6.45, 7) is 10.1. The van der Waals surface area contributed by atoms with Crippen LogP contribution in [-0.4, -0.2) is 61.7 Å². The van der Waals surface area contributed by atoms with Crippen molar-refractivity contribution in [3.63, 3.8) is 0 Å². The fourth-order valence-corrected chi connectivity index (χ4v) is 6.40. The summed E-state index contributed by atoms with van der Waals surface area (Å²) in [5.74, 6) is 0.187. The molecule has 2 aliphatic heterocycles. The van der Waals surface area contributed by atoms with Crippen LogP contribution in [0.5, 0.6) is 0 Å². The van der Waals surface area contributed by atoms with Crippen molar-refractivity contribution < 1.29 is 18.0 Å². The van der Waals surface area contributed by atoms with Gasteiger partial charge in [0.15, 0.2) is 0 Å². The Morgan fingerprint density at radius 1 is 0.970 bits per heavy atom. The van der Waals surface area contributed by atoms with Crippen LogP contribution in [0.25, 0.3) is 0 Å². The molecule has 2 saturated heterocycles. The molecule has 33 heavy (non-hydrogen) atoms. The van der Waals surface area contributed by atoms with Gasteiger partial charge >= 0.3 is 0 Å². The first-order valence-corrected chi connectivity index (χ1v) is 13.8. The van der Waals surface area contributed by atoms with E-state index >= 15 is 0 Å². The zero-order valence-corrected chi connectivity index (χ0v) is 21.3. The van der Waals surface area contributed by atoms with Gasteiger partial charge < -0.3 is 10.2 Å². The van der Waals surface area contributed by atoms with Crippen molar-refractivity contribution >= 4 is 21.8 Å². The van der Waals surface area contributed by atoms with Gasteiger partial charge in [-0.1, -0.05) is 19.9 Å². The van der Waals surface area contributed by atoms with Crippen molar-refractivity contribution in [3.8, 4) is 0 Å². The van der Waals surface area contributed by atoms with Gasteiger partial charge in [-0.2, -0.15) is 4.31 Å². The van der Waals surface area contributed by atoms with Gasteiger partial charge in [-0.15, -0.1) is 0 Å². The number of rotatable bonds is 7. The van der Waals surface area contributed by atoms with Gasteiger partial charge in [-0.25, -0.2) is 8.42 Å². The van der Waals surface area contributed by atoms with Gasteiger partial charge in [-0.3, -0.25) is 9.59 Å². The minimum absolute atomic E-state index is 0.0167. The standard InChI is InChI=1S/C25H39N3O4S/c1-5-20(6-2)25(30)27-13-11-22(12-14-27)26-24(29)21-9-15-28(16-10-21)33(31,32)23-8-7-18(3)19(4)17-23/h7-8,17,20-22H,5-6,9-16H2,1-4H3,(H,26,29). The van der Waals surface area contributed by atoms with Crippen molar-refractivity contribution in [1.82, 2.24) is 14.5 Å². The second-order valence-electron chi connectivity index (χ2n) is 9.55. The number of piperidine rings is 2. The maximum Gasteiger partial charge on any atom is 0.243 e. The van der Waals surface area contributed by atoms with Crippen molar-refractivity contribution in [2.45, 2.75) is 77.2 Å². The summed E-state index contributed by atoms with van der Waals surface area (Å²) in [5.41, 5.74) is 2.02. The molecule has 1 N–H and O–H groups in total. The largest absolute Gasteiger partial charge is 0.353 e. The zero-order chi connectivity index (χ0) is 24.2. The third-order valence-electron chi connectivity index (χ3n) is 7.43. The minimum Gasteiger partial charge on any atom is -0.353 e. The Labute approximate surface area is 199 Å². The predicted octanol–water partition coefficient (Wildman–Crippen LogP) is 3.25. The van der Waals surface area contributed by atoms with Gasteiger partial charge in [-0.05, 0) is 75.6 Å². The maximum absolute atomic E-state index is 13.0. The molecule has 0 saturated carbocycles. The third-order valence-corrected chi connectivity index (χ3v) is 9.32. The van der Waals surface area contributed by atoms with E-state index in [4.69, 9.17) is 0 Å². The number of hydrogen-bond donors (Lipinski definition) is 1. The Kier molecular flexibility index (Phi) is 8.56.